The number of aromatic nitrogens is 2. The maximum absolute atomic E-state index is 13.2. The third kappa shape index (κ3) is 5.71. The highest BCUT2D eigenvalue weighted by Crippen LogP contribution is 2.39. The van der Waals surface area contributed by atoms with Crippen LogP contribution in [0.2, 0.25) is 0 Å². The average molecular weight is 481 g/mol. The second-order valence-corrected chi connectivity index (χ2v) is 7.39. The molecular weight excluding hydrogens is 459 g/mol. The van der Waals surface area contributed by atoms with E-state index in [1.165, 1.54) is 0 Å². The molecule has 1 fully saturated rings. The van der Waals surface area contributed by atoms with E-state index in [1.807, 2.05) is 17.0 Å². The van der Waals surface area contributed by atoms with E-state index >= 15 is 0 Å². The fraction of sp³-hybridized carbons (Fsp3) is 0.381. The lowest BCUT2D eigenvalue weighted by molar-refractivity contribution is -0.192. The van der Waals surface area contributed by atoms with Gasteiger partial charge in [0.05, 0.1) is 18.7 Å². The SMILES string of the molecule is COc1cccc2c1NC(=O)CC2C(=O)N1CCN(c2ncccn2)CC1.O=C(O)C(F)(F)F. The fourth-order valence-corrected chi connectivity index (χ4v) is 3.65. The molecule has 4 rings (SSSR count). The molecule has 0 radical (unpaired) electrons. The maximum Gasteiger partial charge on any atom is 0.490 e. The van der Waals surface area contributed by atoms with Gasteiger partial charge in [-0.05, 0) is 17.7 Å². The molecule has 2 aliphatic heterocycles. The smallest absolute Gasteiger partial charge is 0.490 e. The Hall–Kier alpha value is -3.90. The van der Waals surface area contributed by atoms with Crippen LogP contribution in [0.15, 0.2) is 36.7 Å². The quantitative estimate of drug-likeness (QED) is 0.681. The van der Waals surface area contributed by atoms with Crippen molar-refractivity contribution in [1.29, 1.82) is 0 Å². The Morgan fingerprint density at radius 2 is 1.74 bits per heavy atom. The van der Waals surface area contributed by atoms with Gasteiger partial charge in [0.2, 0.25) is 17.8 Å². The minimum Gasteiger partial charge on any atom is -0.495 e. The monoisotopic (exact) mass is 481 g/mol. The minimum atomic E-state index is -5.08. The molecule has 1 unspecified atom stereocenters. The van der Waals surface area contributed by atoms with Crippen molar-refractivity contribution in [1.82, 2.24) is 14.9 Å². The van der Waals surface area contributed by atoms with Gasteiger partial charge in [0.25, 0.3) is 0 Å². The predicted molar refractivity (Wildman–Crippen MR) is 113 cm³/mol. The number of benzene rings is 1. The number of carbonyl (C=O) groups is 3. The molecule has 3 heterocycles. The molecule has 1 aromatic heterocycles. The number of ether oxygens (including phenoxy) is 1. The zero-order valence-corrected chi connectivity index (χ0v) is 18.1. The van der Waals surface area contributed by atoms with Gasteiger partial charge >= 0.3 is 12.1 Å². The zero-order chi connectivity index (χ0) is 24.9. The summed E-state index contributed by atoms with van der Waals surface area (Å²) in [6.07, 6.45) is -1.50. The number of amides is 2. The number of carboxylic acids is 1. The predicted octanol–water partition coefficient (Wildman–Crippen LogP) is 1.89. The van der Waals surface area contributed by atoms with Crippen LogP contribution in [0.3, 0.4) is 0 Å². The van der Waals surface area contributed by atoms with Crippen molar-refractivity contribution in [3.05, 3.63) is 42.2 Å². The van der Waals surface area contributed by atoms with E-state index in [4.69, 9.17) is 14.6 Å². The zero-order valence-electron chi connectivity index (χ0n) is 18.1. The highest BCUT2D eigenvalue weighted by Gasteiger charge is 2.38. The van der Waals surface area contributed by atoms with Crippen molar-refractivity contribution in [3.63, 3.8) is 0 Å². The van der Waals surface area contributed by atoms with Crippen LogP contribution < -0.4 is 15.0 Å². The molecule has 0 bridgehead atoms. The van der Waals surface area contributed by atoms with E-state index < -0.39 is 18.1 Å². The Balaban J connectivity index is 0.000000406. The number of carboxylic acid groups (broad SMARTS) is 1. The first-order chi connectivity index (χ1) is 16.1. The first kappa shape index (κ1) is 24.7. The molecule has 0 spiro atoms. The number of alkyl halides is 3. The van der Waals surface area contributed by atoms with E-state index in [-0.39, 0.29) is 18.2 Å². The second kappa shape index (κ2) is 10.4. The number of hydrogen-bond donors (Lipinski definition) is 2. The minimum absolute atomic E-state index is 0.0204. The number of nitrogens with one attached hydrogen (secondary N) is 1. The molecule has 2 aromatic rings. The highest BCUT2D eigenvalue weighted by atomic mass is 19.4. The van der Waals surface area contributed by atoms with Crippen molar-refractivity contribution < 1.29 is 37.4 Å². The molecule has 13 heteroatoms. The van der Waals surface area contributed by atoms with Crippen molar-refractivity contribution >= 4 is 29.4 Å². The normalized spacial score (nSPS) is 17.6. The number of nitrogens with zero attached hydrogens (tertiary/aromatic N) is 4. The average Bonchev–Trinajstić information content (AvgIpc) is 2.83. The summed E-state index contributed by atoms with van der Waals surface area (Å²) >= 11 is 0. The van der Waals surface area contributed by atoms with Crippen LogP contribution in [0.25, 0.3) is 0 Å². The molecule has 0 saturated carbocycles. The number of piperazine rings is 1. The van der Waals surface area contributed by atoms with Crippen LogP contribution >= 0.6 is 0 Å². The van der Waals surface area contributed by atoms with Crippen LogP contribution in [0.5, 0.6) is 5.75 Å². The van der Waals surface area contributed by atoms with Gasteiger partial charge in [-0.3, -0.25) is 9.59 Å². The van der Waals surface area contributed by atoms with Gasteiger partial charge in [-0.25, -0.2) is 14.8 Å². The van der Waals surface area contributed by atoms with Gasteiger partial charge in [0, 0.05) is 45.0 Å². The maximum atomic E-state index is 13.2. The molecule has 2 aliphatic rings. The summed E-state index contributed by atoms with van der Waals surface area (Å²) in [6, 6.07) is 7.29. The van der Waals surface area contributed by atoms with Gasteiger partial charge in [-0.1, -0.05) is 12.1 Å². The van der Waals surface area contributed by atoms with Gasteiger partial charge < -0.3 is 25.0 Å². The van der Waals surface area contributed by atoms with Gasteiger partial charge in [-0.15, -0.1) is 0 Å². The van der Waals surface area contributed by atoms with Crippen LogP contribution in [0.4, 0.5) is 24.8 Å². The molecule has 1 aromatic carbocycles. The fourth-order valence-electron chi connectivity index (χ4n) is 3.65. The second-order valence-electron chi connectivity index (χ2n) is 7.39. The van der Waals surface area contributed by atoms with E-state index in [2.05, 4.69) is 20.2 Å². The topological polar surface area (TPSA) is 125 Å². The summed E-state index contributed by atoms with van der Waals surface area (Å²) in [5.41, 5.74) is 1.42. The van der Waals surface area contributed by atoms with Crippen molar-refractivity contribution in [2.75, 3.05) is 43.5 Å². The number of aliphatic carboxylic acids is 1. The Kier molecular flexibility index (Phi) is 7.54. The molecule has 182 valence electrons. The number of anilines is 2. The van der Waals surface area contributed by atoms with Crippen LogP contribution in [0, 0.1) is 0 Å². The summed E-state index contributed by atoms with van der Waals surface area (Å²) in [6.45, 7) is 2.49. The summed E-state index contributed by atoms with van der Waals surface area (Å²) < 4.78 is 37.1. The lowest BCUT2D eigenvalue weighted by Crippen LogP contribution is -2.51. The first-order valence-electron chi connectivity index (χ1n) is 10.2. The highest BCUT2D eigenvalue weighted by molar-refractivity contribution is 6.02. The molecular formula is C21H22F3N5O5. The standard InChI is InChI=1S/C19H21N5O3.C2HF3O2/c1-27-15-5-2-4-13-14(12-16(25)22-17(13)15)18(26)23-8-10-24(11-9-23)19-20-6-3-7-21-19;3-2(4,5)1(6)7/h2-7,14H,8-12H2,1H3,(H,22,25);(H,6,7). The van der Waals surface area contributed by atoms with E-state index in [1.54, 1.807) is 31.6 Å². The van der Waals surface area contributed by atoms with Gasteiger partial charge in [0.1, 0.15) is 5.75 Å². The summed E-state index contributed by atoms with van der Waals surface area (Å²) in [5.74, 6) is -2.17. The Morgan fingerprint density at radius 3 is 2.29 bits per heavy atom. The first-order valence-corrected chi connectivity index (χ1v) is 10.2. The van der Waals surface area contributed by atoms with Gasteiger partial charge in [0.15, 0.2) is 0 Å². The summed E-state index contributed by atoms with van der Waals surface area (Å²) in [5, 5.41) is 9.96. The summed E-state index contributed by atoms with van der Waals surface area (Å²) in [4.78, 5) is 46.6. The summed E-state index contributed by atoms with van der Waals surface area (Å²) in [7, 11) is 1.55. The van der Waals surface area contributed by atoms with Crippen LogP contribution in [-0.2, 0) is 14.4 Å². The third-order valence-corrected chi connectivity index (χ3v) is 5.27. The van der Waals surface area contributed by atoms with E-state index in [0.717, 1.165) is 5.56 Å². The Morgan fingerprint density at radius 1 is 1.12 bits per heavy atom. The molecule has 10 nitrogen and oxygen atoms in total. The van der Waals surface area contributed by atoms with Crippen LogP contribution in [0.1, 0.15) is 17.9 Å². The van der Waals surface area contributed by atoms with E-state index in [9.17, 15) is 22.8 Å². The number of fused-ring (bicyclic) bond motifs is 1. The van der Waals surface area contributed by atoms with E-state index in [0.29, 0.717) is 43.6 Å². The number of para-hydroxylation sites is 1. The molecule has 34 heavy (non-hydrogen) atoms. The number of hydrogen-bond acceptors (Lipinski definition) is 7. The van der Waals surface area contributed by atoms with Crippen LogP contribution in [-0.4, -0.2) is 77.2 Å². The molecule has 1 atom stereocenters. The molecule has 2 amide bonds. The molecule has 0 aliphatic carbocycles. The Labute approximate surface area is 192 Å². The third-order valence-electron chi connectivity index (χ3n) is 5.27. The largest absolute Gasteiger partial charge is 0.495 e. The molecule has 2 N–H and O–H groups in total. The lowest BCUT2D eigenvalue weighted by Gasteiger charge is -2.37. The molecule has 1 saturated heterocycles. The van der Waals surface area contributed by atoms with Crippen molar-refractivity contribution in [3.8, 4) is 5.75 Å². The Bertz CT molecular complexity index is 1040. The number of rotatable bonds is 3. The number of methoxy groups -OCH3 is 1. The van der Waals surface area contributed by atoms with Crippen molar-refractivity contribution in [2.45, 2.75) is 18.5 Å². The lowest BCUT2D eigenvalue weighted by atomic mass is 9.88. The number of carbonyl (C=O) groups excluding carboxylic acids is 2. The van der Waals surface area contributed by atoms with Crippen molar-refractivity contribution in [2.24, 2.45) is 0 Å². The number of halogens is 3. The van der Waals surface area contributed by atoms with Gasteiger partial charge in [-0.2, -0.15) is 13.2 Å².